The van der Waals surface area contributed by atoms with Crippen LogP contribution in [0, 0.1) is 5.95 Å². The predicted molar refractivity (Wildman–Crippen MR) is 130 cm³/mol. The van der Waals surface area contributed by atoms with E-state index in [9.17, 15) is 17.6 Å². The number of halogens is 5. The molecule has 2 aliphatic rings. The monoisotopic (exact) mass is 542 g/mol. The summed E-state index contributed by atoms with van der Waals surface area (Å²) in [5.74, 6) is -1.74. The van der Waals surface area contributed by atoms with E-state index in [0.717, 1.165) is 22.3 Å². The summed E-state index contributed by atoms with van der Waals surface area (Å²) in [7, 11) is 0. The number of hydrogen-bond donors (Lipinski definition) is 2. The van der Waals surface area contributed by atoms with Gasteiger partial charge in [-0.3, -0.25) is 0 Å². The quantitative estimate of drug-likeness (QED) is 0.236. The fourth-order valence-corrected chi connectivity index (χ4v) is 4.61. The van der Waals surface area contributed by atoms with E-state index in [4.69, 9.17) is 37.0 Å². The van der Waals surface area contributed by atoms with E-state index in [0.29, 0.717) is 33.6 Å². The summed E-state index contributed by atoms with van der Waals surface area (Å²) in [4.78, 5) is 21.8. The SMILES string of the molecule is NC1=NC2(c3cc(-c4cccnc4F)ccc3Oc3cnc(Cl)cc32)c2ccccc21.O=C(O)C(F)(F)F. The third-order valence-electron chi connectivity index (χ3n) is 6.01. The zero-order chi connectivity index (χ0) is 27.2. The smallest absolute Gasteiger partial charge is 0.475 e. The summed E-state index contributed by atoms with van der Waals surface area (Å²) in [5, 5.41) is 7.44. The third-order valence-corrected chi connectivity index (χ3v) is 6.21. The summed E-state index contributed by atoms with van der Waals surface area (Å²) in [5.41, 5.74) is 9.67. The Hall–Kier alpha value is -4.51. The number of benzene rings is 2. The molecule has 0 radical (unpaired) electrons. The van der Waals surface area contributed by atoms with Crippen molar-refractivity contribution < 1.29 is 32.2 Å². The van der Waals surface area contributed by atoms with Crippen LogP contribution in [0.1, 0.15) is 22.3 Å². The van der Waals surface area contributed by atoms with Gasteiger partial charge < -0.3 is 15.6 Å². The molecular formula is C26H15ClF4N4O3. The molecular weight excluding hydrogens is 528 g/mol. The van der Waals surface area contributed by atoms with Gasteiger partial charge in [0.25, 0.3) is 0 Å². The van der Waals surface area contributed by atoms with Crippen molar-refractivity contribution in [3.8, 4) is 22.6 Å². The summed E-state index contributed by atoms with van der Waals surface area (Å²) in [6.45, 7) is 0. The highest BCUT2D eigenvalue weighted by Crippen LogP contribution is 2.56. The number of fused-ring (bicyclic) bond motifs is 6. The van der Waals surface area contributed by atoms with Gasteiger partial charge in [-0.1, -0.05) is 41.9 Å². The molecule has 38 heavy (non-hydrogen) atoms. The minimum absolute atomic E-state index is 0.317. The molecule has 1 atom stereocenters. The van der Waals surface area contributed by atoms with Crippen LogP contribution in [0.4, 0.5) is 17.6 Å². The molecule has 3 N–H and O–H groups in total. The van der Waals surface area contributed by atoms with Gasteiger partial charge in [0.05, 0.1) is 6.20 Å². The number of pyridine rings is 2. The Bertz CT molecular complexity index is 1630. The molecule has 0 fully saturated rings. The lowest BCUT2D eigenvalue weighted by molar-refractivity contribution is -0.192. The number of carboxylic acid groups (broad SMARTS) is 1. The normalized spacial score (nSPS) is 16.8. The second-order valence-corrected chi connectivity index (χ2v) is 8.60. The summed E-state index contributed by atoms with van der Waals surface area (Å²) >= 11 is 6.27. The van der Waals surface area contributed by atoms with Gasteiger partial charge in [0, 0.05) is 28.5 Å². The molecule has 0 saturated carbocycles. The van der Waals surface area contributed by atoms with Gasteiger partial charge in [-0.2, -0.15) is 17.6 Å². The highest BCUT2D eigenvalue weighted by atomic mass is 35.5. The van der Waals surface area contributed by atoms with Gasteiger partial charge in [0.15, 0.2) is 5.75 Å². The molecule has 7 nitrogen and oxygen atoms in total. The molecule has 6 rings (SSSR count). The fraction of sp³-hybridized carbons (Fsp3) is 0.0769. The minimum atomic E-state index is -5.08. The third kappa shape index (κ3) is 4.10. The largest absolute Gasteiger partial charge is 0.490 e. The molecule has 0 bridgehead atoms. The lowest BCUT2D eigenvalue weighted by Gasteiger charge is -2.36. The Morgan fingerprint density at radius 1 is 0.947 bits per heavy atom. The van der Waals surface area contributed by atoms with Gasteiger partial charge in [-0.25, -0.2) is 19.8 Å². The van der Waals surface area contributed by atoms with Crippen molar-refractivity contribution in [2.24, 2.45) is 10.7 Å². The number of ether oxygens (including phenoxy) is 1. The van der Waals surface area contributed by atoms with Crippen LogP contribution in [0.2, 0.25) is 5.15 Å². The maximum Gasteiger partial charge on any atom is 0.490 e. The Morgan fingerprint density at radius 2 is 1.63 bits per heavy atom. The molecule has 2 aliphatic heterocycles. The van der Waals surface area contributed by atoms with Gasteiger partial charge in [0.2, 0.25) is 5.95 Å². The van der Waals surface area contributed by atoms with Crippen molar-refractivity contribution in [2.75, 3.05) is 0 Å². The maximum absolute atomic E-state index is 14.5. The van der Waals surface area contributed by atoms with Crippen LogP contribution in [0.5, 0.6) is 11.5 Å². The molecule has 2 aromatic heterocycles. The highest BCUT2D eigenvalue weighted by molar-refractivity contribution is 6.29. The van der Waals surface area contributed by atoms with Crippen LogP contribution in [-0.4, -0.2) is 33.1 Å². The maximum atomic E-state index is 14.5. The number of amidine groups is 1. The number of nitrogens with two attached hydrogens (primary N) is 1. The van der Waals surface area contributed by atoms with Gasteiger partial charge in [-0.05, 0) is 41.5 Å². The number of nitrogens with zero attached hydrogens (tertiary/aromatic N) is 3. The first-order valence-corrected chi connectivity index (χ1v) is 11.2. The molecule has 1 unspecified atom stereocenters. The zero-order valence-corrected chi connectivity index (χ0v) is 19.8. The van der Waals surface area contributed by atoms with E-state index < -0.39 is 23.6 Å². The average molecular weight is 543 g/mol. The van der Waals surface area contributed by atoms with Crippen LogP contribution >= 0.6 is 11.6 Å². The molecule has 192 valence electrons. The van der Waals surface area contributed by atoms with Crippen molar-refractivity contribution in [2.45, 2.75) is 11.7 Å². The molecule has 0 aliphatic carbocycles. The van der Waals surface area contributed by atoms with E-state index in [1.807, 2.05) is 36.4 Å². The Morgan fingerprint density at radius 3 is 2.34 bits per heavy atom. The molecule has 0 saturated heterocycles. The number of aliphatic carboxylic acids is 1. The van der Waals surface area contributed by atoms with E-state index in [2.05, 4.69) is 9.97 Å². The number of aliphatic imine (C=N–C) groups is 1. The number of carbonyl (C=O) groups is 1. The van der Waals surface area contributed by atoms with Crippen molar-refractivity contribution >= 4 is 23.4 Å². The number of rotatable bonds is 1. The van der Waals surface area contributed by atoms with E-state index in [-0.39, 0.29) is 0 Å². The molecule has 4 heterocycles. The Kier molecular flexibility index (Phi) is 6.03. The predicted octanol–water partition coefficient (Wildman–Crippen LogP) is 5.69. The van der Waals surface area contributed by atoms with Crippen LogP contribution in [0.3, 0.4) is 0 Å². The molecule has 12 heteroatoms. The van der Waals surface area contributed by atoms with E-state index >= 15 is 0 Å². The van der Waals surface area contributed by atoms with Crippen LogP contribution in [-0.2, 0) is 10.3 Å². The number of carboxylic acids is 1. The van der Waals surface area contributed by atoms with Crippen LogP contribution in [0.25, 0.3) is 11.1 Å². The zero-order valence-electron chi connectivity index (χ0n) is 19.0. The second-order valence-electron chi connectivity index (χ2n) is 8.21. The molecule has 0 amide bonds. The lowest BCUT2D eigenvalue weighted by Crippen LogP contribution is -2.29. The van der Waals surface area contributed by atoms with Crippen molar-refractivity contribution in [3.05, 3.63) is 106 Å². The first-order valence-electron chi connectivity index (χ1n) is 10.9. The average Bonchev–Trinajstić information content (AvgIpc) is 3.18. The van der Waals surface area contributed by atoms with E-state index in [1.54, 1.807) is 30.5 Å². The molecule has 1 spiro atoms. The van der Waals surface area contributed by atoms with Crippen molar-refractivity contribution in [1.29, 1.82) is 0 Å². The van der Waals surface area contributed by atoms with Crippen LogP contribution in [0.15, 0.2) is 78.0 Å². The fourth-order valence-electron chi connectivity index (χ4n) is 4.45. The highest BCUT2D eigenvalue weighted by Gasteiger charge is 2.49. The topological polar surface area (TPSA) is 111 Å². The summed E-state index contributed by atoms with van der Waals surface area (Å²) < 4.78 is 52.3. The molecule has 2 aromatic carbocycles. The first kappa shape index (κ1) is 25.2. The minimum Gasteiger partial charge on any atom is -0.475 e. The van der Waals surface area contributed by atoms with Crippen molar-refractivity contribution in [3.63, 3.8) is 0 Å². The van der Waals surface area contributed by atoms with E-state index in [1.165, 1.54) is 6.20 Å². The summed E-state index contributed by atoms with van der Waals surface area (Å²) in [6, 6.07) is 18.4. The van der Waals surface area contributed by atoms with Crippen LogP contribution < -0.4 is 10.5 Å². The Balaban J connectivity index is 0.000000374. The van der Waals surface area contributed by atoms with Gasteiger partial charge in [0.1, 0.15) is 22.3 Å². The lowest BCUT2D eigenvalue weighted by atomic mass is 9.75. The number of hydrogen-bond acceptors (Lipinski definition) is 6. The standard InChI is InChI=1S/C24H14ClFN4O.C2HF3O2/c25-21-11-18-20(12-29-21)31-19-8-7-13(14-5-3-9-28-22(14)26)10-17(19)24(18)16-6-2-1-4-15(16)23(27)30-24;3-2(4,5)1(6)7/h1-12H,(H2,27,30);(H,6,7). The Labute approximate surface area is 217 Å². The second kappa shape index (κ2) is 9.10. The number of aromatic nitrogens is 2. The van der Waals surface area contributed by atoms with Crippen molar-refractivity contribution in [1.82, 2.24) is 9.97 Å². The summed E-state index contributed by atoms with van der Waals surface area (Å²) in [6.07, 6.45) is -2.07. The molecule has 4 aromatic rings. The van der Waals surface area contributed by atoms with Gasteiger partial charge >= 0.3 is 12.1 Å². The van der Waals surface area contributed by atoms with Gasteiger partial charge in [-0.15, -0.1) is 0 Å². The first-order chi connectivity index (χ1) is 18.0. The number of alkyl halides is 3.